The van der Waals surface area contributed by atoms with Crippen LogP contribution >= 0.6 is 0 Å². The Bertz CT molecular complexity index is 2530. The monoisotopic (exact) mass is 976 g/mol. The first-order chi connectivity index (χ1) is 30.3. The molecule has 0 radical (unpaired) electrons. The van der Waals surface area contributed by atoms with Crippen LogP contribution in [0.5, 0.6) is 0 Å². The smallest absolute Gasteiger partial charge is 1.00 e. The summed E-state index contributed by atoms with van der Waals surface area (Å²) in [5.74, 6) is 0. The molecule has 2 saturated carbocycles. The van der Waals surface area contributed by atoms with E-state index in [2.05, 4.69) is 173 Å². The van der Waals surface area contributed by atoms with Crippen molar-refractivity contribution >= 4 is 48.5 Å². The minimum absolute atomic E-state index is 0. The molecule has 0 spiro atoms. The third kappa shape index (κ3) is 11.8. The largest absolute Gasteiger partial charge is 1.00 e. The van der Waals surface area contributed by atoms with Crippen LogP contribution in [0.2, 0.25) is 13.1 Å². The van der Waals surface area contributed by atoms with E-state index in [0.717, 1.165) is 0 Å². The Morgan fingerprint density at radius 2 is 0.781 bits per heavy atom. The molecule has 2 fully saturated rings. The van der Waals surface area contributed by atoms with Gasteiger partial charge in [0.25, 0.3) is 0 Å². The Labute approximate surface area is 413 Å². The zero-order valence-corrected chi connectivity index (χ0v) is 43.9. The predicted octanol–water partition coefficient (Wildman–Crippen LogP) is 12.1. The summed E-state index contributed by atoms with van der Waals surface area (Å²) in [6.45, 7) is 9.33. The van der Waals surface area contributed by atoms with Crippen molar-refractivity contribution in [2.45, 2.75) is 130 Å². The van der Waals surface area contributed by atoms with Gasteiger partial charge >= 0.3 is 41.9 Å². The van der Waals surface area contributed by atoms with Crippen molar-refractivity contribution in [2.75, 3.05) is 0 Å². The maximum atomic E-state index is 2.50. The molecular formula is C60H68Cl2SiZr-2. The van der Waals surface area contributed by atoms with Crippen LogP contribution in [0.3, 0.4) is 0 Å². The molecule has 0 aromatic heterocycles. The van der Waals surface area contributed by atoms with Crippen molar-refractivity contribution in [1.29, 1.82) is 0 Å². The summed E-state index contributed by atoms with van der Waals surface area (Å²) in [5, 5.41) is 11.0. The maximum Gasteiger partial charge on any atom is -1.00 e. The van der Waals surface area contributed by atoms with Gasteiger partial charge in [-0.3, -0.25) is 0 Å². The molecule has 0 amide bonds. The minimum Gasteiger partial charge on any atom is -1.00 e. The van der Waals surface area contributed by atoms with Gasteiger partial charge in [-0.15, -0.1) is 69.1 Å². The molecule has 2 aliphatic rings. The fourth-order valence-corrected chi connectivity index (χ4v) is 11.7. The molecule has 332 valence electrons. The van der Waals surface area contributed by atoms with Crippen LogP contribution < -0.4 is 24.8 Å². The molecule has 0 aliphatic heterocycles. The number of fused-ring (bicyclic) bond motifs is 4. The van der Waals surface area contributed by atoms with Crippen molar-refractivity contribution in [2.24, 2.45) is 10.8 Å². The molecule has 0 unspecified atom stereocenters. The molecule has 10 rings (SSSR count). The standard InChI is InChI=1S/2C29H31.C2H6Si.2ClH.Zr/c2*1-2-16-29(17-6-3-7-18-29)21-22-19-24-12-9-15-27(28(24)20-22)26-14-8-11-23-10-4-5-13-25(23)26;1-3-2;;;/h2*4-5,8-15,19-20H,2-3,6-7,16-18,21H2,1H3;1-2H3;2*1H;/q2*-1;;;;+2/p-2. The maximum absolute atomic E-state index is 2.50. The summed E-state index contributed by atoms with van der Waals surface area (Å²) >= 11 is 1.74. The quantitative estimate of drug-likeness (QED) is 0.0946. The number of hydrogen-bond acceptors (Lipinski definition) is 0. The van der Waals surface area contributed by atoms with Gasteiger partial charge in [-0.1, -0.05) is 173 Å². The van der Waals surface area contributed by atoms with Crippen molar-refractivity contribution in [3.05, 3.63) is 157 Å². The summed E-state index contributed by atoms with van der Waals surface area (Å²) in [4.78, 5) is 0. The third-order valence-corrected chi connectivity index (χ3v) is 14.3. The topological polar surface area (TPSA) is 0 Å². The predicted molar refractivity (Wildman–Crippen MR) is 271 cm³/mol. The van der Waals surface area contributed by atoms with Gasteiger partial charge in [0.15, 0.2) is 0 Å². The van der Waals surface area contributed by atoms with Crippen molar-refractivity contribution in [3.8, 4) is 22.3 Å². The Kier molecular flexibility index (Phi) is 18.4. The Morgan fingerprint density at radius 3 is 1.16 bits per heavy atom. The fraction of sp³-hybridized carbons (Fsp3) is 0.367. The van der Waals surface area contributed by atoms with Gasteiger partial charge in [0.05, 0.1) is 0 Å². The van der Waals surface area contributed by atoms with Crippen molar-refractivity contribution < 1.29 is 48.1 Å². The van der Waals surface area contributed by atoms with Crippen LogP contribution in [0.1, 0.15) is 115 Å². The molecule has 0 atom stereocenters. The second-order valence-corrected chi connectivity index (χ2v) is 28.7. The van der Waals surface area contributed by atoms with Crippen LogP contribution in [-0.2, 0) is 36.2 Å². The van der Waals surface area contributed by atoms with E-state index in [-0.39, 0.29) is 30.2 Å². The first kappa shape index (κ1) is 50.2. The van der Waals surface area contributed by atoms with E-state index in [1.165, 1.54) is 168 Å². The molecular weight excluding hydrogens is 911 g/mol. The zero-order valence-electron chi connectivity index (χ0n) is 38.9. The number of rotatable bonds is 10. The average Bonchev–Trinajstić information content (AvgIpc) is 3.90. The molecule has 8 aromatic carbocycles. The van der Waals surface area contributed by atoms with E-state index in [0.29, 0.717) is 10.8 Å². The van der Waals surface area contributed by atoms with Crippen LogP contribution in [0.25, 0.3) is 65.3 Å². The van der Waals surface area contributed by atoms with Crippen molar-refractivity contribution in [1.82, 2.24) is 0 Å². The minimum atomic E-state index is 0. The van der Waals surface area contributed by atoms with E-state index in [1.54, 1.807) is 34.5 Å². The molecule has 2 aliphatic carbocycles. The number of halogens is 2. The van der Waals surface area contributed by atoms with E-state index >= 15 is 0 Å². The van der Waals surface area contributed by atoms with Gasteiger partial charge in [0.1, 0.15) is 0 Å². The molecule has 0 saturated heterocycles. The van der Waals surface area contributed by atoms with E-state index < -0.39 is 0 Å². The van der Waals surface area contributed by atoms with Crippen LogP contribution in [-0.4, -0.2) is 5.43 Å². The third-order valence-electron chi connectivity index (χ3n) is 14.3. The second kappa shape index (κ2) is 23.5. The summed E-state index contributed by atoms with van der Waals surface area (Å²) in [7, 11) is 0. The van der Waals surface area contributed by atoms with Crippen molar-refractivity contribution in [3.63, 3.8) is 0 Å². The zero-order chi connectivity index (χ0) is 42.9. The summed E-state index contributed by atoms with van der Waals surface area (Å²) in [6.07, 6.45) is 22.1. The van der Waals surface area contributed by atoms with Gasteiger partial charge in [0, 0.05) is 0 Å². The molecule has 8 aromatic rings. The first-order valence-corrected chi connectivity index (χ1v) is 30.3. The molecule has 4 heteroatoms. The van der Waals surface area contributed by atoms with Gasteiger partial charge in [-0.2, -0.15) is 12.1 Å². The summed E-state index contributed by atoms with van der Waals surface area (Å²) in [6, 6.07) is 54.5. The number of hydrogen-bond donors (Lipinski definition) is 0. The fourth-order valence-electron chi connectivity index (χ4n) is 11.7. The molecule has 64 heavy (non-hydrogen) atoms. The normalized spacial score (nSPS) is 15.3. The van der Waals surface area contributed by atoms with E-state index in [4.69, 9.17) is 0 Å². The summed E-state index contributed by atoms with van der Waals surface area (Å²) in [5.41, 5.74) is 9.83. The molecule has 0 bridgehead atoms. The van der Waals surface area contributed by atoms with Gasteiger partial charge in [-0.05, 0) is 94.9 Å². The Morgan fingerprint density at radius 1 is 0.453 bits per heavy atom. The van der Waals surface area contributed by atoms with Gasteiger partial charge < -0.3 is 24.8 Å². The molecule has 0 heterocycles. The van der Waals surface area contributed by atoms with Crippen LogP contribution in [0.15, 0.2) is 146 Å². The molecule has 0 N–H and O–H groups in total. The Balaban J connectivity index is 0.000000191. The SMILES string of the molecule is CCCC1(Cc2cc3c(-c4cccc5ccccc45)cccc3[cH-]2)CCCCC1.CCCC1(Cc2cc3c(-c4cccc5ccccc45)cccc3[cH-]2)CCCCC1.C[Si](C)=[Zr+2].[Cl-].[Cl-]. The molecule has 0 nitrogen and oxygen atoms in total. The first-order valence-electron chi connectivity index (χ1n) is 24.1. The van der Waals surface area contributed by atoms with Gasteiger partial charge in [0.2, 0.25) is 0 Å². The second-order valence-electron chi connectivity index (χ2n) is 19.4. The number of benzene rings is 6. The van der Waals surface area contributed by atoms with Crippen LogP contribution in [0.4, 0.5) is 0 Å². The Hall–Kier alpha value is -3.26. The van der Waals surface area contributed by atoms with Crippen LogP contribution in [0, 0.1) is 10.8 Å². The van der Waals surface area contributed by atoms with E-state index in [1.807, 2.05) is 0 Å². The summed E-state index contributed by atoms with van der Waals surface area (Å²) < 4.78 is 0. The van der Waals surface area contributed by atoms with Gasteiger partial charge in [-0.25, -0.2) is 0 Å². The van der Waals surface area contributed by atoms with E-state index in [9.17, 15) is 0 Å². The average molecular weight is 979 g/mol.